The molecule has 0 bridgehead atoms. The van der Waals surface area contributed by atoms with Crippen LogP contribution in [0.15, 0.2) is 66.0 Å². The summed E-state index contributed by atoms with van der Waals surface area (Å²) in [5, 5.41) is 6.54. The molecule has 0 aliphatic heterocycles. The van der Waals surface area contributed by atoms with E-state index in [1.54, 1.807) is 24.7 Å². The number of aromatic nitrogens is 2. The van der Waals surface area contributed by atoms with E-state index in [-0.39, 0.29) is 0 Å². The molecule has 0 aliphatic rings. The van der Waals surface area contributed by atoms with E-state index in [9.17, 15) is 0 Å². The highest BCUT2D eigenvalue weighted by Gasteiger charge is 1.93. The van der Waals surface area contributed by atoms with Crippen molar-refractivity contribution in [1.82, 2.24) is 9.97 Å². The van der Waals surface area contributed by atoms with Crippen LogP contribution in [0.25, 0.3) is 10.8 Å². The Bertz CT molecular complexity index is 707. The minimum Gasteiger partial charge on any atom is -0.245 e. The van der Waals surface area contributed by atoms with E-state index in [2.05, 4.69) is 44.8 Å². The van der Waals surface area contributed by atoms with E-state index in [1.807, 2.05) is 18.2 Å². The van der Waals surface area contributed by atoms with Gasteiger partial charge in [-0.2, -0.15) is 5.10 Å². The fourth-order valence-corrected chi connectivity index (χ4v) is 1.81. The molecule has 0 radical (unpaired) electrons. The molecule has 0 amide bonds. The zero-order valence-corrected chi connectivity index (χ0v) is 10.2. The Balaban J connectivity index is 1.78. The molecule has 1 aromatic heterocycles. The molecule has 1 heterocycles. The van der Waals surface area contributed by atoms with Crippen LogP contribution in [0.2, 0.25) is 0 Å². The first-order valence-corrected chi connectivity index (χ1v) is 5.97. The van der Waals surface area contributed by atoms with Crippen molar-refractivity contribution in [3.8, 4) is 0 Å². The van der Waals surface area contributed by atoms with Gasteiger partial charge in [-0.1, -0.05) is 36.4 Å². The molecule has 0 fully saturated rings. The number of nitrogens with zero attached hydrogens (tertiary/aromatic N) is 3. The van der Waals surface area contributed by atoms with Gasteiger partial charge >= 0.3 is 0 Å². The minimum atomic E-state index is 0.486. The Morgan fingerprint density at radius 1 is 0.895 bits per heavy atom. The maximum absolute atomic E-state index is 4.12. The van der Waals surface area contributed by atoms with Crippen LogP contribution >= 0.6 is 0 Å². The molecule has 2 aromatic carbocycles. The predicted molar refractivity (Wildman–Crippen MR) is 77.2 cm³/mol. The quantitative estimate of drug-likeness (QED) is 0.572. The first-order chi connectivity index (χ1) is 9.42. The van der Waals surface area contributed by atoms with Gasteiger partial charge in [0.15, 0.2) is 0 Å². The van der Waals surface area contributed by atoms with Crippen LogP contribution in [-0.4, -0.2) is 16.2 Å². The summed E-state index contributed by atoms with van der Waals surface area (Å²) in [7, 11) is 0. The lowest BCUT2D eigenvalue weighted by Gasteiger charge is -1.99. The smallest absolute Gasteiger partial charge is 0.243 e. The average molecular weight is 248 g/mol. The van der Waals surface area contributed by atoms with E-state index in [1.165, 1.54) is 10.8 Å². The van der Waals surface area contributed by atoms with Gasteiger partial charge in [0, 0.05) is 12.4 Å². The molecule has 0 spiro atoms. The summed E-state index contributed by atoms with van der Waals surface area (Å²) >= 11 is 0. The predicted octanol–water partition coefficient (Wildman–Crippen LogP) is 3.08. The third kappa shape index (κ3) is 2.74. The van der Waals surface area contributed by atoms with Gasteiger partial charge in [0.2, 0.25) is 5.95 Å². The molecule has 4 nitrogen and oxygen atoms in total. The van der Waals surface area contributed by atoms with Crippen molar-refractivity contribution in [1.29, 1.82) is 0 Å². The maximum atomic E-state index is 4.12. The third-order valence-electron chi connectivity index (χ3n) is 2.72. The molecule has 0 atom stereocenters. The van der Waals surface area contributed by atoms with Gasteiger partial charge in [-0.3, -0.25) is 0 Å². The second-order valence-corrected chi connectivity index (χ2v) is 4.05. The monoisotopic (exact) mass is 248 g/mol. The summed E-state index contributed by atoms with van der Waals surface area (Å²) in [6, 6.07) is 16.2. The number of nitrogens with one attached hydrogen (secondary N) is 1. The highest BCUT2D eigenvalue weighted by Crippen LogP contribution is 2.14. The summed E-state index contributed by atoms with van der Waals surface area (Å²) in [5.41, 5.74) is 3.82. The van der Waals surface area contributed by atoms with E-state index >= 15 is 0 Å². The molecule has 0 unspecified atom stereocenters. The van der Waals surface area contributed by atoms with E-state index in [0.717, 1.165) is 5.56 Å². The molecule has 0 aliphatic carbocycles. The zero-order chi connectivity index (χ0) is 12.9. The molecular weight excluding hydrogens is 236 g/mol. The van der Waals surface area contributed by atoms with Crippen molar-refractivity contribution in [2.45, 2.75) is 0 Å². The standard InChI is InChI=1S/C15H12N4/c1-2-5-14-10-12(6-7-13(14)4-1)11-18-19-15-16-8-3-9-17-15/h1-11H,(H,16,17,19). The van der Waals surface area contributed by atoms with Gasteiger partial charge in [-0.15, -0.1) is 0 Å². The molecule has 4 heteroatoms. The summed E-state index contributed by atoms with van der Waals surface area (Å²) in [4.78, 5) is 8.05. The normalized spacial score (nSPS) is 10.9. The second-order valence-electron chi connectivity index (χ2n) is 4.05. The van der Waals surface area contributed by atoms with Crippen molar-refractivity contribution in [2.24, 2.45) is 5.10 Å². The van der Waals surface area contributed by atoms with Gasteiger partial charge in [0.1, 0.15) is 0 Å². The van der Waals surface area contributed by atoms with E-state index in [4.69, 9.17) is 0 Å². The van der Waals surface area contributed by atoms with Crippen LogP contribution < -0.4 is 5.43 Å². The highest BCUT2D eigenvalue weighted by molar-refractivity contribution is 5.90. The molecular formula is C15H12N4. The zero-order valence-electron chi connectivity index (χ0n) is 10.2. The fourth-order valence-electron chi connectivity index (χ4n) is 1.81. The Morgan fingerprint density at radius 3 is 2.53 bits per heavy atom. The van der Waals surface area contributed by atoms with Gasteiger partial charge < -0.3 is 0 Å². The average Bonchev–Trinajstić information content (AvgIpc) is 2.48. The lowest BCUT2D eigenvalue weighted by atomic mass is 10.1. The van der Waals surface area contributed by atoms with Crippen LogP contribution in [0.3, 0.4) is 0 Å². The van der Waals surface area contributed by atoms with Crippen molar-refractivity contribution in [2.75, 3.05) is 5.43 Å². The summed E-state index contributed by atoms with van der Waals surface area (Å²) in [6.07, 6.45) is 5.09. The van der Waals surface area contributed by atoms with Gasteiger partial charge in [-0.25, -0.2) is 15.4 Å². The van der Waals surface area contributed by atoms with E-state index in [0.29, 0.717) is 5.95 Å². The fraction of sp³-hybridized carbons (Fsp3) is 0. The Kier molecular flexibility index (Phi) is 3.14. The molecule has 92 valence electrons. The second kappa shape index (κ2) is 5.27. The number of hydrazone groups is 1. The largest absolute Gasteiger partial charge is 0.245 e. The number of fused-ring (bicyclic) bond motifs is 1. The Hall–Kier alpha value is -2.75. The molecule has 0 saturated heterocycles. The molecule has 3 aromatic rings. The Morgan fingerprint density at radius 2 is 1.68 bits per heavy atom. The van der Waals surface area contributed by atoms with Crippen LogP contribution in [0.1, 0.15) is 5.56 Å². The molecule has 19 heavy (non-hydrogen) atoms. The van der Waals surface area contributed by atoms with Gasteiger partial charge in [0.05, 0.1) is 6.21 Å². The number of hydrogen-bond donors (Lipinski definition) is 1. The van der Waals surface area contributed by atoms with Crippen molar-refractivity contribution in [3.63, 3.8) is 0 Å². The van der Waals surface area contributed by atoms with Crippen molar-refractivity contribution < 1.29 is 0 Å². The number of anilines is 1. The van der Waals surface area contributed by atoms with Crippen molar-refractivity contribution in [3.05, 3.63) is 66.5 Å². The lowest BCUT2D eigenvalue weighted by Crippen LogP contribution is -1.95. The maximum Gasteiger partial charge on any atom is 0.243 e. The SMILES string of the molecule is C(=NNc1ncccn1)c1ccc2ccccc2c1. The molecule has 0 saturated carbocycles. The van der Waals surface area contributed by atoms with Crippen molar-refractivity contribution >= 4 is 22.9 Å². The van der Waals surface area contributed by atoms with Crippen LogP contribution in [-0.2, 0) is 0 Å². The molecule has 3 rings (SSSR count). The van der Waals surface area contributed by atoms with Crippen LogP contribution in [0.4, 0.5) is 5.95 Å². The minimum absolute atomic E-state index is 0.486. The number of benzene rings is 2. The van der Waals surface area contributed by atoms with Crippen LogP contribution in [0.5, 0.6) is 0 Å². The van der Waals surface area contributed by atoms with Gasteiger partial charge in [0.25, 0.3) is 0 Å². The first kappa shape index (κ1) is 11.3. The summed E-state index contributed by atoms with van der Waals surface area (Å²) < 4.78 is 0. The summed E-state index contributed by atoms with van der Waals surface area (Å²) in [5.74, 6) is 0.486. The van der Waals surface area contributed by atoms with E-state index < -0.39 is 0 Å². The molecule has 1 N–H and O–H groups in total. The summed E-state index contributed by atoms with van der Waals surface area (Å²) in [6.45, 7) is 0. The number of hydrogen-bond acceptors (Lipinski definition) is 4. The first-order valence-electron chi connectivity index (χ1n) is 5.97. The van der Waals surface area contributed by atoms with Gasteiger partial charge in [-0.05, 0) is 28.5 Å². The third-order valence-corrected chi connectivity index (χ3v) is 2.72. The van der Waals surface area contributed by atoms with Crippen LogP contribution in [0, 0.1) is 0 Å². The number of rotatable bonds is 3. The lowest BCUT2D eigenvalue weighted by molar-refractivity contribution is 1.12. The topological polar surface area (TPSA) is 50.2 Å². The Labute approximate surface area is 110 Å². The highest BCUT2D eigenvalue weighted by atomic mass is 15.3.